The van der Waals surface area contributed by atoms with E-state index in [-0.39, 0.29) is 5.91 Å². The second-order valence-corrected chi connectivity index (χ2v) is 8.32. The predicted molar refractivity (Wildman–Crippen MR) is 138 cm³/mol. The second-order valence-electron chi connectivity index (χ2n) is 8.32. The van der Waals surface area contributed by atoms with Crippen LogP contribution >= 0.6 is 0 Å². The number of nitrogens with one attached hydrogen (secondary N) is 3. The molecule has 5 heterocycles. The lowest BCUT2D eigenvalue weighted by molar-refractivity contribution is -0.114. The zero-order valence-corrected chi connectivity index (χ0v) is 18.5. The molecule has 4 aromatic rings. The average molecular weight is 444 g/mol. The van der Waals surface area contributed by atoms with Gasteiger partial charge in [0.1, 0.15) is 0 Å². The van der Waals surface area contributed by atoms with Crippen LogP contribution in [-0.2, 0) is 4.79 Å². The fraction of sp³-hybridized carbons (Fsp3) is 0.0357. The third-order valence-electron chi connectivity index (χ3n) is 5.69. The molecule has 0 unspecified atom stereocenters. The van der Waals surface area contributed by atoms with Crippen molar-refractivity contribution in [1.29, 1.82) is 0 Å². The molecule has 0 aliphatic carbocycles. The Morgan fingerprint density at radius 2 is 1.35 bits per heavy atom. The van der Waals surface area contributed by atoms with Gasteiger partial charge in [0, 0.05) is 45.8 Å². The Morgan fingerprint density at radius 3 is 2.06 bits per heavy atom. The van der Waals surface area contributed by atoms with Gasteiger partial charge in [0.25, 0.3) is 0 Å². The summed E-state index contributed by atoms with van der Waals surface area (Å²) in [5.41, 5.74) is 9.84. The standard InChI is InChI=1S/C28H21N5O/c1-17(34)29-27-5-3-2-4-25(27)26-15-24-14-22-9-8-20(31-22)12-18-6-7-19(30-18)13-21-10-11-23(32-21)16-28(26)33-24/h2-16,30-31H,1H3,(H,29,34). The molecule has 0 fully saturated rings. The molecule has 0 radical (unpaired) electrons. The molecule has 6 nitrogen and oxygen atoms in total. The van der Waals surface area contributed by atoms with Gasteiger partial charge < -0.3 is 15.3 Å². The highest BCUT2D eigenvalue weighted by Crippen LogP contribution is 2.33. The van der Waals surface area contributed by atoms with Crippen LogP contribution in [0.2, 0.25) is 0 Å². The van der Waals surface area contributed by atoms with Crippen LogP contribution in [-0.4, -0.2) is 25.8 Å². The molecule has 34 heavy (non-hydrogen) atoms. The molecule has 2 aliphatic heterocycles. The SMILES string of the molecule is CC(=O)Nc1ccccc1C1=Cc2cc3ccc(cc4ccc(cc5nc(cc1n2)C=C5)[nH]4)[nH]3. The van der Waals surface area contributed by atoms with Gasteiger partial charge in [0.05, 0.1) is 22.8 Å². The molecule has 0 atom stereocenters. The number of H-pyrrole nitrogens is 2. The number of amides is 1. The number of carbonyl (C=O) groups is 1. The van der Waals surface area contributed by atoms with E-state index in [9.17, 15) is 4.79 Å². The number of nitrogens with zero attached hydrogens (tertiary/aromatic N) is 2. The van der Waals surface area contributed by atoms with Crippen LogP contribution in [0.4, 0.5) is 5.69 Å². The lowest BCUT2D eigenvalue weighted by atomic mass is 10.0. The molecular formula is C28H21N5O. The van der Waals surface area contributed by atoms with Crippen LogP contribution in [0, 0.1) is 0 Å². The number of rotatable bonds is 2. The molecular weight excluding hydrogens is 422 g/mol. The van der Waals surface area contributed by atoms with Crippen LogP contribution in [0.3, 0.4) is 0 Å². The van der Waals surface area contributed by atoms with Crippen molar-refractivity contribution in [3.05, 3.63) is 101 Å². The highest BCUT2D eigenvalue weighted by molar-refractivity contribution is 6.00. The maximum absolute atomic E-state index is 11.8. The molecule has 0 spiro atoms. The van der Waals surface area contributed by atoms with E-state index in [1.54, 1.807) is 0 Å². The fourth-order valence-electron chi connectivity index (χ4n) is 4.25. The summed E-state index contributed by atoms with van der Waals surface area (Å²) in [6.45, 7) is 1.51. The summed E-state index contributed by atoms with van der Waals surface area (Å²) < 4.78 is 0. The van der Waals surface area contributed by atoms with Gasteiger partial charge >= 0.3 is 0 Å². The molecule has 0 saturated carbocycles. The zero-order chi connectivity index (χ0) is 23.1. The smallest absolute Gasteiger partial charge is 0.221 e. The van der Waals surface area contributed by atoms with Crippen LogP contribution in [0.5, 0.6) is 0 Å². The summed E-state index contributed by atoms with van der Waals surface area (Å²) in [5.74, 6) is -0.116. The van der Waals surface area contributed by atoms with E-state index in [4.69, 9.17) is 9.97 Å². The van der Waals surface area contributed by atoms with Crippen molar-refractivity contribution >= 4 is 57.5 Å². The summed E-state index contributed by atoms with van der Waals surface area (Å²) in [6, 6.07) is 24.0. The van der Waals surface area contributed by atoms with Crippen LogP contribution in [0.25, 0.3) is 45.9 Å². The van der Waals surface area contributed by atoms with E-state index in [0.717, 1.165) is 61.7 Å². The molecule has 8 bridgehead atoms. The third kappa shape index (κ3) is 3.93. The second kappa shape index (κ2) is 8.01. The summed E-state index contributed by atoms with van der Waals surface area (Å²) >= 11 is 0. The minimum absolute atomic E-state index is 0.116. The first-order chi connectivity index (χ1) is 16.6. The maximum atomic E-state index is 11.8. The van der Waals surface area contributed by atoms with Gasteiger partial charge in [-0.25, -0.2) is 9.97 Å². The molecule has 3 N–H and O–H groups in total. The van der Waals surface area contributed by atoms with E-state index in [1.807, 2.05) is 85.0 Å². The topological polar surface area (TPSA) is 86.5 Å². The largest absolute Gasteiger partial charge is 0.355 e. The molecule has 1 aromatic carbocycles. The van der Waals surface area contributed by atoms with Gasteiger partial charge in [-0.15, -0.1) is 0 Å². The van der Waals surface area contributed by atoms with Gasteiger partial charge in [0.2, 0.25) is 5.91 Å². The van der Waals surface area contributed by atoms with Crippen molar-refractivity contribution in [3.8, 4) is 0 Å². The summed E-state index contributed by atoms with van der Waals surface area (Å²) in [4.78, 5) is 28.3. The number of benzene rings is 1. The van der Waals surface area contributed by atoms with Crippen molar-refractivity contribution < 1.29 is 4.79 Å². The van der Waals surface area contributed by atoms with Crippen molar-refractivity contribution in [2.24, 2.45) is 0 Å². The summed E-state index contributed by atoms with van der Waals surface area (Å²) in [6.07, 6.45) is 6.02. The number of anilines is 1. The van der Waals surface area contributed by atoms with Crippen molar-refractivity contribution in [2.45, 2.75) is 6.92 Å². The number of aromatic amines is 2. The van der Waals surface area contributed by atoms with Gasteiger partial charge in [-0.3, -0.25) is 4.79 Å². The Bertz CT molecular complexity index is 1670. The summed E-state index contributed by atoms with van der Waals surface area (Å²) in [5, 5.41) is 2.94. The van der Waals surface area contributed by atoms with Crippen LogP contribution in [0.1, 0.15) is 35.3 Å². The Morgan fingerprint density at radius 1 is 0.735 bits per heavy atom. The molecule has 164 valence electrons. The van der Waals surface area contributed by atoms with Crippen molar-refractivity contribution in [2.75, 3.05) is 5.32 Å². The maximum Gasteiger partial charge on any atom is 0.221 e. The Labute approximate surface area is 195 Å². The number of hydrogen-bond donors (Lipinski definition) is 3. The Hall–Kier alpha value is -4.71. The number of fused-ring (bicyclic) bond motifs is 8. The summed E-state index contributed by atoms with van der Waals surface area (Å²) in [7, 11) is 0. The lowest BCUT2D eigenvalue weighted by Crippen LogP contribution is -2.07. The van der Waals surface area contributed by atoms with E-state index in [0.29, 0.717) is 0 Å². The predicted octanol–water partition coefficient (Wildman–Crippen LogP) is 6.03. The van der Waals surface area contributed by atoms with Crippen molar-refractivity contribution in [1.82, 2.24) is 19.9 Å². The van der Waals surface area contributed by atoms with Gasteiger partial charge in [-0.05, 0) is 72.8 Å². The fourth-order valence-corrected chi connectivity index (χ4v) is 4.25. The monoisotopic (exact) mass is 443 g/mol. The average Bonchev–Trinajstić information content (AvgIpc) is 3.59. The molecule has 1 amide bonds. The Kier molecular flexibility index (Phi) is 4.70. The van der Waals surface area contributed by atoms with Crippen molar-refractivity contribution in [3.63, 3.8) is 0 Å². The zero-order valence-electron chi connectivity index (χ0n) is 18.5. The first-order valence-electron chi connectivity index (χ1n) is 11.0. The molecule has 6 rings (SSSR count). The van der Waals surface area contributed by atoms with Crippen LogP contribution in [0.15, 0.2) is 72.8 Å². The van der Waals surface area contributed by atoms with Crippen LogP contribution < -0.4 is 5.32 Å². The van der Waals surface area contributed by atoms with E-state index < -0.39 is 0 Å². The molecule has 0 saturated heterocycles. The first kappa shape index (κ1) is 19.9. The normalized spacial score (nSPS) is 12.4. The van der Waals surface area contributed by atoms with Gasteiger partial charge in [-0.1, -0.05) is 18.2 Å². The number of hydrogen-bond acceptors (Lipinski definition) is 3. The molecule has 2 aliphatic rings. The van der Waals surface area contributed by atoms with E-state index in [1.165, 1.54) is 6.92 Å². The van der Waals surface area contributed by atoms with Gasteiger partial charge in [-0.2, -0.15) is 0 Å². The minimum Gasteiger partial charge on any atom is -0.355 e. The minimum atomic E-state index is -0.116. The third-order valence-corrected chi connectivity index (χ3v) is 5.69. The van der Waals surface area contributed by atoms with Gasteiger partial charge in [0.15, 0.2) is 0 Å². The molecule has 3 aromatic heterocycles. The highest BCUT2D eigenvalue weighted by atomic mass is 16.1. The highest BCUT2D eigenvalue weighted by Gasteiger charge is 2.17. The Balaban J connectivity index is 1.61. The quantitative estimate of drug-likeness (QED) is 0.305. The van der Waals surface area contributed by atoms with E-state index >= 15 is 0 Å². The molecule has 6 heteroatoms. The van der Waals surface area contributed by atoms with E-state index in [2.05, 4.69) is 21.4 Å². The first-order valence-corrected chi connectivity index (χ1v) is 11.0. The number of carbonyl (C=O) groups excluding carboxylic acids is 1. The number of aromatic nitrogens is 4. The lowest BCUT2D eigenvalue weighted by Gasteiger charge is -2.10. The number of para-hydroxylation sites is 1.